The van der Waals surface area contributed by atoms with Gasteiger partial charge in [0.05, 0.1) is 6.10 Å². The third kappa shape index (κ3) is 5.87. The fourth-order valence-electron chi connectivity index (χ4n) is 2.58. The standard InChI is InChI=1S/C16H23F2NO3/c17-16(18)22-15-4-2-13(3-5-15)12-19-8-6-14(7-9-19)21-11-1-10-20/h2-5,14,16,20H,1,6-12H2. The minimum atomic E-state index is -2.78. The van der Waals surface area contributed by atoms with E-state index in [-0.39, 0.29) is 18.5 Å². The van der Waals surface area contributed by atoms with Crippen molar-refractivity contribution >= 4 is 0 Å². The van der Waals surface area contributed by atoms with Gasteiger partial charge in [0, 0.05) is 32.8 Å². The Balaban J connectivity index is 1.71. The molecule has 0 amide bonds. The summed E-state index contributed by atoms with van der Waals surface area (Å²) in [4.78, 5) is 2.33. The van der Waals surface area contributed by atoms with E-state index in [0.717, 1.165) is 38.0 Å². The van der Waals surface area contributed by atoms with Gasteiger partial charge in [-0.1, -0.05) is 12.1 Å². The number of hydrogen-bond donors (Lipinski definition) is 1. The summed E-state index contributed by atoms with van der Waals surface area (Å²) in [6, 6.07) is 6.79. The summed E-state index contributed by atoms with van der Waals surface area (Å²) >= 11 is 0. The van der Waals surface area contributed by atoms with Gasteiger partial charge < -0.3 is 14.6 Å². The van der Waals surface area contributed by atoms with E-state index < -0.39 is 6.61 Å². The molecule has 22 heavy (non-hydrogen) atoms. The number of aliphatic hydroxyl groups excluding tert-OH is 1. The van der Waals surface area contributed by atoms with Gasteiger partial charge in [-0.25, -0.2) is 0 Å². The lowest BCUT2D eigenvalue weighted by atomic mass is 10.1. The molecule has 1 aliphatic heterocycles. The van der Waals surface area contributed by atoms with Gasteiger partial charge in [0.15, 0.2) is 0 Å². The number of piperidine rings is 1. The highest BCUT2D eigenvalue weighted by Gasteiger charge is 2.19. The van der Waals surface area contributed by atoms with Gasteiger partial charge >= 0.3 is 6.61 Å². The van der Waals surface area contributed by atoms with Crippen LogP contribution in [0.5, 0.6) is 5.75 Å². The highest BCUT2D eigenvalue weighted by atomic mass is 19.3. The van der Waals surface area contributed by atoms with Crippen LogP contribution in [-0.4, -0.2) is 49.0 Å². The van der Waals surface area contributed by atoms with Crippen LogP contribution in [-0.2, 0) is 11.3 Å². The van der Waals surface area contributed by atoms with E-state index in [2.05, 4.69) is 9.64 Å². The predicted molar refractivity (Wildman–Crippen MR) is 79.0 cm³/mol. The maximum atomic E-state index is 12.1. The zero-order valence-electron chi connectivity index (χ0n) is 12.6. The largest absolute Gasteiger partial charge is 0.435 e. The van der Waals surface area contributed by atoms with Crippen molar-refractivity contribution in [3.8, 4) is 5.75 Å². The summed E-state index contributed by atoms with van der Waals surface area (Å²) in [6.07, 6.45) is 2.94. The Morgan fingerprint density at radius 2 is 1.86 bits per heavy atom. The number of rotatable bonds is 8. The molecule has 0 saturated carbocycles. The molecule has 1 fully saturated rings. The molecule has 0 unspecified atom stereocenters. The molecular formula is C16H23F2NO3. The van der Waals surface area contributed by atoms with Crippen molar-refractivity contribution in [2.24, 2.45) is 0 Å². The number of benzene rings is 1. The van der Waals surface area contributed by atoms with E-state index >= 15 is 0 Å². The van der Waals surface area contributed by atoms with Crippen molar-refractivity contribution < 1.29 is 23.4 Å². The van der Waals surface area contributed by atoms with E-state index in [9.17, 15) is 8.78 Å². The molecule has 1 aromatic carbocycles. The number of likely N-dealkylation sites (tertiary alicyclic amines) is 1. The molecule has 1 aliphatic rings. The number of alkyl halides is 2. The Bertz CT molecular complexity index is 420. The molecule has 0 atom stereocenters. The molecule has 4 nitrogen and oxygen atoms in total. The summed E-state index contributed by atoms with van der Waals surface area (Å²) in [5, 5.41) is 8.73. The minimum absolute atomic E-state index is 0.171. The maximum absolute atomic E-state index is 12.1. The second kappa shape index (κ2) is 9.02. The Morgan fingerprint density at radius 3 is 2.45 bits per heavy atom. The van der Waals surface area contributed by atoms with Crippen molar-refractivity contribution in [1.29, 1.82) is 0 Å². The van der Waals surface area contributed by atoms with E-state index in [1.807, 2.05) is 12.1 Å². The van der Waals surface area contributed by atoms with Gasteiger partial charge in [0.25, 0.3) is 0 Å². The van der Waals surface area contributed by atoms with Crippen molar-refractivity contribution in [2.75, 3.05) is 26.3 Å². The Hall–Kier alpha value is -1.24. The van der Waals surface area contributed by atoms with Crippen LogP contribution in [0.4, 0.5) is 8.78 Å². The zero-order valence-corrected chi connectivity index (χ0v) is 12.6. The second-order valence-electron chi connectivity index (χ2n) is 5.45. The average Bonchev–Trinajstić information content (AvgIpc) is 2.51. The van der Waals surface area contributed by atoms with E-state index in [0.29, 0.717) is 13.0 Å². The van der Waals surface area contributed by atoms with Crippen molar-refractivity contribution in [2.45, 2.75) is 38.5 Å². The van der Waals surface area contributed by atoms with Crippen LogP contribution in [0.15, 0.2) is 24.3 Å². The van der Waals surface area contributed by atoms with Gasteiger partial charge in [-0.3, -0.25) is 4.90 Å². The summed E-state index contributed by atoms with van der Waals surface area (Å²) in [5.74, 6) is 0.190. The van der Waals surface area contributed by atoms with Gasteiger partial charge in [-0.15, -0.1) is 0 Å². The first-order chi connectivity index (χ1) is 10.7. The van der Waals surface area contributed by atoms with E-state index in [1.165, 1.54) is 0 Å². The van der Waals surface area contributed by atoms with Gasteiger partial charge in [0.1, 0.15) is 5.75 Å². The Kier molecular flexibility index (Phi) is 7.02. The van der Waals surface area contributed by atoms with Gasteiger partial charge in [-0.2, -0.15) is 8.78 Å². The smallest absolute Gasteiger partial charge is 0.387 e. The molecule has 0 radical (unpaired) electrons. The van der Waals surface area contributed by atoms with Gasteiger partial charge in [-0.05, 0) is 37.0 Å². The second-order valence-corrected chi connectivity index (χ2v) is 5.45. The van der Waals surface area contributed by atoms with Gasteiger partial charge in [0.2, 0.25) is 0 Å². The highest BCUT2D eigenvalue weighted by molar-refractivity contribution is 5.27. The topological polar surface area (TPSA) is 41.9 Å². The summed E-state index contributed by atoms with van der Waals surface area (Å²) in [6.45, 7) is 0.726. The molecule has 0 bridgehead atoms. The fraction of sp³-hybridized carbons (Fsp3) is 0.625. The molecule has 2 rings (SSSR count). The SMILES string of the molecule is OCCCOC1CCN(Cc2ccc(OC(F)F)cc2)CC1. The summed E-state index contributed by atoms with van der Waals surface area (Å²) < 4.78 is 34.2. The number of halogens is 2. The molecule has 6 heteroatoms. The molecule has 1 saturated heterocycles. The van der Waals surface area contributed by atoms with Crippen LogP contribution < -0.4 is 4.74 Å². The van der Waals surface area contributed by atoms with Crippen molar-refractivity contribution in [1.82, 2.24) is 4.90 Å². The lowest BCUT2D eigenvalue weighted by Crippen LogP contribution is -2.36. The normalized spacial score (nSPS) is 17.1. The van der Waals surface area contributed by atoms with Crippen LogP contribution in [0, 0.1) is 0 Å². The van der Waals surface area contributed by atoms with E-state index in [4.69, 9.17) is 9.84 Å². The van der Waals surface area contributed by atoms with E-state index in [1.54, 1.807) is 12.1 Å². The monoisotopic (exact) mass is 315 g/mol. The maximum Gasteiger partial charge on any atom is 0.387 e. The van der Waals surface area contributed by atoms with Crippen molar-refractivity contribution in [3.63, 3.8) is 0 Å². The third-order valence-corrected chi connectivity index (χ3v) is 3.75. The molecule has 0 aromatic heterocycles. The average molecular weight is 315 g/mol. The summed E-state index contributed by atoms with van der Waals surface area (Å²) in [5.41, 5.74) is 1.08. The zero-order chi connectivity index (χ0) is 15.8. The van der Waals surface area contributed by atoms with Crippen LogP contribution in [0.1, 0.15) is 24.8 Å². The Labute approximate surface area is 129 Å². The predicted octanol–water partition coefficient (Wildman–Crippen LogP) is 2.65. The first-order valence-corrected chi connectivity index (χ1v) is 7.66. The van der Waals surface area contributed by atoms with Crippen molar-refractivity contribution in [3.05, 3.63) is 29.8 Å². The number of hydrogen-bond acceptors (Lipinski definition) is 4. The molecule has 0 aliphatic carbocycles. The molecule has 0 spiro atoms. The molecule has 1 heterocycles. The first kappa shape index (κ1) is 17.1. The number of aliphatic hydroxyl groups is 1. The van der Waals surface area contributed by atoms with Crippen LogP contribution in [0.2, 0.25) is 0 Å². The molecule has 1 N–H and O–H groups in total. The highest BCUT2D eigenvalue weighted by Crippen LogP contribution is 2.19. The Morgan fingerprint density at radius 1 is 1.18 bits per heavy atom. The number of ether oxygens (including phenoxy) is 2. The summed E-state index contributed by atoms with van der Waals surface area (Å²) in [7, 11) is 0. The quantitative estimate of drug-likeness (QED) is 0.749. The molecular weight excluding hydrogens is 292 g/mol. The van der Waals surface area contributed by atoms with Crippen LogP contribution >= 0.6 is 0 Å². The lowest BCUT2D eigenvalue weighted by molar-refractivity contribution is -0.0498. The third-order valence-electron chi connectivity index (χ3n) is 3.75. The number of nitrogens with zero attached hydrogens (tertiary/aromatic N) is 1. The fourth-order valence-corrected chi connectivity index (χ4v) is 2.58. The first-order valence-electron chi connectivity index (χ1n) is 7.66. The molecule has 1 aromatic rings. The van der Waals surface area contributed by atoms with Crippen LogP contribution in [0.25, 0.3) is 0 Å². The van der Waals surface area contributed by atoms with Crippen LogP contribution in [0.3, 0.4) is 0 Å². The minimum Gasteiger partial charge on any atom is -0.435 e. The lowest BCUT2D eigenvalue weighted by Gasteiger charge is -2.31. The molecule has 124 valence electrons.